The number of aromatic nitrogens is 2. The van der Waals surface area contributed by atoms with E-state index >= 15 is 0 Å². The van der Waals surface area contributed by atoms with Crippen LogP contribution in [0, 0.1) is 20.8 Å². The van der Waals surface area contributed by atoms with Gasteiger partial charge in [-0.3, -0.25) is 9.59 Å². The van der Waals surface area contributed by atoms with Crippen molar-refractivity contribution in [2.45, 2.75) is 20.8 Å². The van der Waals surface area contributed by atoms with E-state index in [0.29, 0.717) is 27.7 Å². The summed E-state index contributed by atoms with van der Waals surface area (Å²) in [5, 5.41) is 7.54. The summed E-state index contributed by atoms with van der Waals surface area (Å²) in [7, 11) is 0. The van der Waals surface area contributed by atoms with Gasteiger partial charge in [0.05, 0.1) is 22.6 Å². The average molecular weight is 368 g/mol. The monoisotopic (exact) mass is 367 g/mol. The number of hydrogen-bond donors (Lipinski definition) is 1. The van der Waals surface area contributed by atoms with Gasteiger partial charge in [-0.05, 0) is 50.6 Å². The van der Waals surface area contributed by atoms with E-state index < -0.39 is 11.7 Å². The number of ketones is 1. The molecular formula is C20H18ClN3O2. The molecule has 2 aromatic carbocycles. The first-order valence-electron chi connectivity index (χ1n) is 8.12. The zero-order valence-electron chi connectivity index (χ0n) is 14.7. The summed E-state index contributed by atoms with van der Waals surface area (Å²) < 4.78 is 1.67. The van der Waals surface area contributed by atoms with Crippen LogP contribution in [0.5, 0.6) is 0 Å². The second kappa shape index (κ2) is 7.14. The lowest BCUT2D eigenvalue weighted by molar-refractivity contribution is -0.112. The molecule has 0 fully saturated rings. The molecule has 0 aliphatic rings. The minimum atomic E-state index is -0.719. The second-order valence-electron chi connectivity index (χ2n) is 6.04. The van der Waals surface area contributed by atoms with Crippen molar-refractivity contribution >= 4 is 29.0 Å². The average Bonchev–Trinajstić information content (AvgIpc) is 2.92. The molecule has 1 N–H and O–H groups in total. The van der Waals surface area contributed by atoms with Crippen LogP contribution in [0.15, 0.2) is 48.5 Å². The fourth-order valence-corrected chi connectivity index (χ4v) is 2.94. The number of nitrogens with zero attached hydrogens (tertiary/aromatic N) is 2. The van der Waals surface area contributed by atoms with Crippen LogP contribution in [-0.2, 0) is 4.79 Å². The Balaban J connectivity index is 1.89. The van der Waals surface area contributed by atoms with Crippen molar-refractivity contribution in [3.05, 3.63) is 76.1 Å². The minimum Gasteiger partial charge on any atom is -0.319 e. The molecule has 1 amide bonds. The van der Waals surface area contributed by atoms with E-state index in [-0.39, 0.29) is 0 Å². The van der Waals surface area contributed by atoms with Crippen LogP contribution < -0.4 is 5.32 Å². The molecule has 0 atom stereocenters. The highest BCUT2D eigenvalue weighted by Gasteiger charge is 2.25. The molecule has 0 aliphatic carbocycles. The van der Waals surface area contributed by atoms with Gasteiger partial charge >= 0.3 is 0 Å². The standard InChI is InChI=1S/C20H18ClN3O2/c1-12-9-10-15(11-17(12)21)22-20(26)19(25)18-13(2)23-24(14(18)3)16-7-5-4-6-8-16/h4-11H,1-3H3,(H,22,26). The summed E-state index contributed by atoms with van der Waals surface area (Å²) in [6, 6.07) is 14.6. The molecule has 0 radical (unpaired) electrons. The normalized spacial score (nSPS) is 10.6. The Kier molecular flexibility index (Phi) is 4.91. The summed E-state index contributed by atoms with van der Waals surface area (Å²) in [6.45, 7) is 5.36. The Morgan fingerprint density at radius 1 is 1.04 bits per heavy atom. The largest absolute Gasteiger partial charge is 0.319 e. The van der Waals surface area contributed by atoms with Gasteiger partial charge in [0.2, 0.25) is 0 Å². The highest BCUT2D eigenvalue weighted by molar-refractivity contribution is 6.47. The number of amides is 1. The zero-order chi connectivity index (χ0) is 18.8. The van der Waals surface area contributed by atoms with Crippen molar-refractivity contribution < 1.29 is 9.59 Å². The molecular weight excluding hydrogens is 350 g/mol. The molecule has 0 saturated heterocycles. The van der Waals surface area contributed by atoms with Crippen molar-refractivity contribution in [3.63, 3.8) is 0 Å². The highest BCUT2D eigenvalue weighted by atomic mass is 35.5. The molecule has 0 bridgehead atoms. The highest BCUT2D eigenvalue weighted by Crippen LogP contribution is 2.22. The molecule has 132 valence electrons. The van der Waals surface area contributed by atoms with E-state index in [1.54, 1.807) is 36.7 Å². The molecule has 0 saturated carbocycles. The molecule has 0 spiro atoms. The summed E-state index contributed by atoms with van der Waals surface area (Å²) in [5.41, 5.74) is 3.64. The Bertz CT molecular complexity index is 994. The van der Waals surface area contributed by atoms with Crippen molar-refractivity contribution in [1.29, 1.82) is 0 Å². The Labute approximate surface area is 156 Å². The van der Waals surface area contributed by atoms with Gasteiger partial charge in [0, 0.05) is 10.7 Å². The summed E-state index contributed by atoms with van der Waals surface area (Å²) >= 11 is 6.07. The molecule has 6 heteroatoms. The fraction of sp³-hybridized carbons (Fsp3) is 0.150. The molecule has 0 unspecified atom stereocenters. The van der Waals surface area contributed by atoms with E-state index in [0.717, 1.165) is 11.3 Å². The third kappa shape index (κ3) is 3.39. The number of halogens is 1. The Morgan fingerprint density at radius 3 is 2.38 bits per heavy atom. The van der Waals surface area contributed by atoms with Gasteiger partial charge in [0.1, 0.15) is 0 Å². The molecule has 0 aliphatic heterocycles. The lowest BCUT2D eigenvalue weighted by Gasteiger charge is -2.07. The minimum absolute atomic E-state index is 0.310. The molecule has 3 aromatic rings. The third-order valence-electron chi connectivity index (χ3n) is 4.16. The number of anilines is 1. The predicted molar refractivity (Wildman–Crippen MR) is 102 cm³/mol. The first-order valence-corrected chi connectivity index (χ1v) is 8.49. The van der Waals surface area contributed by atoms with Gasteiger partial charge in [0.15, 0.2) is 0 Å². The molecule has 1 aromatic heterocycles. The molecule has 26 heavy (non-hydrogen) atoms. The SMILES string of the molecule is Cc1ccc(NC(=O)C(=O)c2c(C)nn(-c3ccccc3)c2C)cc1Cl. The maximum absolute atomic E-state index is 12.7. The summed E-state index contributed by atoms with van der Waals surface area (Å²) in [4.78, 5) is 25.1. The smallest absolute Gasteiger partial charge is 0.296 e. The quantitative estimate of drug-likeness (QED) is 0.553. The van der Waals surface area contributed by atoms with Crippen molar-refractivity contribution in [1.82, 2.24) is 9.78 Å². The number of hydrogen-bond acceptors (Lipinski definition) is 3. The van der Waals surface area contributed by atoms with Gasteiger partial charge < -0.3 is 5.32 Å². The number of carbonyl (C=O) groups excluding carboxylic acids is 2. The molecule has 1 heterocycles. The summed E-state index contributed by atoms with van der Waals surface area (Å²) in [6.07, 6.45) is 0. The molecule has 5 nitrogen and oxygen atoms in total. The number of aryl methyl sites for hydroxylation is 2. The van der Waals surface area contributed by atoms with Gasteiger partial charge in [-0.1, -0.05) is 35.9 Å². The topological polar surface area (TPSA) is 64.0 Å². The van der Waals surface area contributed by atoms with Crippen LogP contribution in [0.4, 0.5) is 5.69 Å². The van der Waals surface area contributed by atoms with E-state index in [1.807, 2.05) is 37.3 Å². The van der Waals surface area contributed by atoms with E-state index in [2.05, 4.69) is 10.4 Å². The fourth-order valence-electron chi connectivity index (χ4n) is 2.76. The van der Waals surface area contributed by atoms with Crippen molar-refractivity contribution in [3.8, 4) is 5.69 Å². The first-order chi connectivity index (χ1) is 12.4. The van der Waals surface area contributed by atoms with Gasteiger partial charge in [0.25, 0.3) is 11.7 Å². The second-order valence-corrected chi connectivity index (χ2v) is 6.45. The number of para-hydroxylation sites is 1. The lowest BCUT2D eigenvalue weighted by atomic mass is 10.1. The Morgan fingerprint density at radius 2 is 1.73 bits per heavy atom. The number of carbonyl (C=O) groups is 2. The van der Waals surface area contributed by atoms with Crippen LogP contribution in [0.1, 0.15) is 27.3 Å². The third-order valence-corrected chi connectivity index (χ3v) is 4.56. The van der Waals surface area contributed by atoms with Gasteiger partial charge in [-0.15, -0.1) is 0 Å². The number of Topliss-reactive ketones (excluding diaryl/α,β-unsaturated/α-hetero) is 1. The number of rotatable bonds is 4. The van der Waals surface area contributed by atoms with Gasteiger partial charge in [-0.25, -0.2) is 4.68 Å². The maximum Gasteiger partial charge on any atom is 0.296 e. The van der Waals surface area contributed by atoms with Crippen LogP contribution >= 0.6 is 11.6 Å². The zero-order valence-corrected chi connectivity index (χ0v) is 15.5. The van der Waals surface area contributed by atoms with E-state index in [4.69, 9.17) is 11.6 Å². The van der Waals surface area contributed by atoms with Crippen LogP contribution in [0.25, 0.3) is 5.69 Å². The molecule has 3 rings (SSSR count). The Hall–Kier alpha value is -2.92. The number of nitrogens with one attached hydrogen (secondary N) is 1. The van der Waals surface area contributed by atoms with Crippen LogP contribution in [-0.4, -0.2) is 21.5 Å². The van der Waals surface area contributed by atoms with Crippen LogP contribution in [0.2, 0.25) is 5.02 Å². The first kappa shape index (κ1) is 17.9. The van der Waals surface area contributed by atoms with E-state index in [9.17, 15) is 9.59 Å². The van der Waals surface area contributed by atoms with Gasteiger partial charge in [-0.2, -0.15) is 5.10 Å². The predicted octanol–water partition coefficient (Wildman–Crippen LogP) is 4.27. The number of benzene rings is 2. The van der Waals surface area contributed by atoms with Crippen molar-refractivity contribution in [2.75, 3.05) is 5.32 Å². The van der Waals surface area contributed by atoms with E-state index in [1.165, 1.54) is 0 Å². The van der Waals surface area contributed by atoms with Crippen molar-refractivity contribution in [2.24, 2.45) is 0 Å². The summed E-state index contributed by atoms with van der Waals surface area (Å²) in [5.74, 6) is -1.34. The van der Waals surface area contributed by atoms with Crippen LogP contribution in [0.3, 0.4) is 0 Å². The maximum atomic E-state index is 12.7. The lowest BCUT2D eigenvalue weighted by Crippen LogP contribution is -2.24.